The van der Waals surface area contributed by atoms with E-state index in [4.69, 9.17) is 14.2 Å². The summed E-state index contributed by atoms with van der Waals surface area (Å²) >= 11 is 1.38. The van der Waals surface area contributed by atoms with E-state index in [9.17, 15) is 9.90 Å². The Balaban J connectivity index is 1.41. The van der Waals surface area contributed by atoms with Gasteiger partial charge in [-0.15, -0.1) is 0 Å². The number of aliphatic hydroxyl groups excluding tert-OH is 1. The van der Waals surface area contributed by atoms with Crippen molar-refractivity contribution in [1.29, 1.82) is 0 Å². The van der Waals surface area contributed by atoms with Crippen LogP contribution in [0.3, 0.4) is 0 Å². The Morgan fingerprint density at radius 2 is 2.19 bits per heavy atom. The number of nitrogens with one attached hydrogen (secondary N) is 1. The number of carbonyl (C=O) groups excluding carboxylic acids is 1. The van der Waals surface area contributed by atoms with Crippen LogP contribution in [0, 0.1) is 0 Å². The zero-order valence-electron chi connectivity index (χ0n) is 16.9. The van der Waals surface area contributed by atoms with Gasteiger partial charge in [-0.1, -0.05) is 17.4 Å². The first-order chi connectivity index (χ1) is 15.1. The first kappa shape index (κ1) is 20.1. The molecule has 4 heterocycles. The van der Waals surface area contributed by atoms with Crippen LogP contribution in [-0.4, -0.2) is 67.1 Å². The van der Waals surface area contributed by atoms with Crippen molar-refractivity contribution < 1.29 is 24.1 Å². The molecule has 0 aliphatic carbocycles. The van der Waals surface area contributed by atoms with Crippen LogP contribution >= 0.6 is 11.3 Å². The second kappa shape index (κ2) is 8.39. The molecular formula is C21H22N4O5S. The third-order valence-electron chi connectivity index (χ3n) is 5.33. The largest absolute Gasteiger partial charge is 0.494 e. The standard InChI is InChI=1S/C21H22N4O5S/c1-28-15-3-2-14(16-11-29-6-7-30-16)19-18(15)23-21(31-19)24-20(27)12-4-5-22-17(8-12)25-9-13(26)10-25/h2-5,8,13,16,26H,6-7,9-11H2,1H3,(H,23,24,27). The molecule has 1 atom stereocenters. The number of benzene rings is 1. The number of thiazole rings is 1. The molecule has 1 amide bonds. The number of anilines is 2. The minimum atomic E-state index is -0.343. The summed E-state index contributed by atoms with van der Waals surface area (Å²) in [6, 6.07) is 7.19. The number of hydrogen-bond acceptors (Lipinski definition) is 9. The Morgan fingerprint density at radius 3 is 2.94 bits per heavy atom. The van der Waals surface area contributed by atoms with E-state index in [0.29, 0.717) is 60.7 Å². The minimum absolute atomic E-state index is 0.180. The molecule has 0 spiro atoms. The summed E-state index contributed by atoms with van der Waals surface area (Å²) in [4.78, 5) is 23.7. The van der Waals surface area contributed by atoms with Crippen LogP contribution < -0.4 is 15.0 Å². The van der Waals surface area contributed by atoms with Crippen molar-refractivity contribution in [1.82, 2.24) is 9.97 Å². The Kier molecular flexibility index (Phi) is 5.45. The summed E-state index contributed by atoms with van der Waals surface area (Å²) in [5.41, 5.74) is 2.12. The Labute approximate surface area is 182 Å². The number of β-amino-alcohol motifs (C(OH)–C–C–N with tert-alkyl or cyclic N) is 1. The van der Waals surface area contributed by atoms with Gasteiger partial charge in [0, 0.05) is 30.4 Å². The zero-order valence-corrected chi connectivity index (χ0v) is 17.7. The summed E-state index contributed by atoms with van der Waals surface area (Å²) in [5.74, 6) is 1.02. The number of amides is 1. The number of rotatable bonds is 5. The van der Waals surface area contributed by atoms with Crippen LogP contribution in [0.5, 0.6) is 5.75 Å². The van der Waals surface area contributed by atoms with Gasteiger partial charge in [0.15, 0.2) is 5.13 Å². The average molecular weight is 442 g/mol. The molecule has 2 aromatic heterocycles. The highest BCUT2D eigenvalue weighted by Gasteiger charge is 2.26. The molecule has 31 heavy (non-hydrogen) atoms. The monoisotopic (exact) mass is 442 g/mol. The second-order valence-corrected chi connectivity index (χ2v) is 8.40. The van der Waals surface area contributed by atoms with E-state index in [2.05, 4.69) is 15.3 Å². The Morgan fingerprint density at radius 1 is 1.32 bits per heavy atom. The number of hydrogen-bond donors (Lipinski definition) is 2. The highest BCUT2D eigenvalue weighted by atomic mass is 32.1. The number of ether oxygens (including phenoxy) is 3. The quantitative estimate of drug-likeness (QED) is 0.620. The van der Waals surface area contributed by atoms with Crippen molar-refractivity contribution >= 4 is 38.4 Å². The summed E-state index contributed by atoms with van der Waals surface area (Å²) in [6.45, 7) is 2.64. The number of aromatic nitrogens is 2. The third-order valence-corrected chi connectivity index (χ3v) is 6.35. The lowest BCUT2D eigenvalue weighted by Crippen LogP contribution is -2.51. The fourth-order valence-corrected chi connectivity index (χ4v) is 4.72. The molecule has 10 heteroatoms. The highest BCUT2D eigenvalue weighted by Crippen LogP contribution is 2.39. The van der Waals surface area contributed by atoms with E-state index in [1.807, 2.05) is 17.0 Å². The van der Waals surface area contributed by atoms with Gasteiger partial charge in [0.05, 0.1) is 37.7 Å². The van der Waals surface area contributed by atoms with Crippen LogP contribution in [0.2, 0.25) is 0 Å². The highest BCUT2D eigenvalue weighted by molar-refractivity contribution is 7.22. The molecule has 1 unspecified atom stereocenters. The maximum atomic E-state index is 12.9. The average Bonchev–Trinajstić information content (AvgIpc) is 3.20. The van der Waals surface area contributed by atoms with Crippen LogP contribution in [0.25, 0.3) is 10.2 Å². The maximum absolute atomic E-state index is 12.9. The number of aliphatic hydroxyl groups is 1. The van der Waals surface area contributed by atoms with Crippen LogP contribution in [0.1, 0.15) is 22.0 Å². The van der Waals surface area contributed by atoms with E-state index in [-0.39, 0.29) is 18.1 Å². The molecule has 2 saturated heterocycles. The molecule has 2 fully saturated rings. The Hall–Kier alpha value is -2.79. The van der Waals surface area contributed by atoms with Crippen molar-refractivity contribution in [3.8, 4) is 5.75 Å². The van der Waals surface area contributed by atoms with Gasteiger partial charge in [0.1, 0.15) is 23.2 Å². The molecule has 1 aromatic carbocycles. The lowest BCUT2D eigenvalue weighted by atomic mass is 10.1. The molecule has 5 rings (SSSR count). The maximum Gasteiger partial charge on any atom is 0.257 e. The minimum Gasteiger partial charge on any atom is -0.494 e. The van der Waals surface area contributed by atoms with Crippen molar-refractivity contribution in [3.05, 3.63) is 41.6 Å². The SMILES string of the molecule is COc1ccc(C2COCCO2)c2sc(NC(=O)c3ccnc(N4CC(O)C4)c3)nc12. The van der Waals surface area contributed by atoms with Gasteiger partial charge in [-0.2, -0.15) is 0 Å². The predicted octanol–water partition coefficient (Wildman–Crippen LogP) is 2.22. The number of pyridine rings is 1. The van der Waals surface area contributed by atoms with Crippen LogP contribution in [0.15, 0.2) is 30.5 Å². The van der Waals surface area contributed by atoms with Gasteiger partial charge in [-0.3, -0.25) is 10.1 Å². The Bertz CT molecular complexity index is 1110. The summed E-state index contributed by atoms with van der Waals surface area (Å²) in [7, 11) is 1.59. The lowest BCUT2D eigenvalue weighted by Gasteiger charge is -2.36. The first-order valence-corrected chi connectivity index (χ1v) is 10.8. The van der Waals surface area contributed by atoms with E-state index in [1.165, 1.54) is 11.3 Å². The van der Waals surface area contributed by atoms with Crippen LogP contribution in [-0.2, 0) is 9.47 Å². The number of methoxy groups -OCH3 is 1. The predicted molar refractivity (Wildman–Crippen MR) is 116 cm³/mol. The zero-order chi connectivity index (χ0) is 21.4. The summed E-state index contributed by atoms with van der Waals surface area (Å²) < 4.78 is 17.8. The third kappa shape index (κ3) is 3.94. The normalized spacial score (nSPS) is 19.3. The van der Waals surface area contributed by atoms with Crippen molar-refractivity contribution in [2.75, 3.05) is 50.2 Å². The smallest absolute Gasteiger partial charge is 0.257 e. The van der Waals surface area contributed by atoms with Crippen LogP contribution in [0.4, 0.5) is 10.9 Å². The second-order valence-electron chi connectivity index (χ2n) is 7.40. The van der Waals surface area contributed by atoms with E-state index in [1.54, 1.807) is 25.4 Å². The molecule has 9 nitrogen and oxygen atoms in total. The molecule has 3 aromatic rings. The number of carbonyl (C=O) groups is 1. The lowest BCUT2D eigenvalue weighted by molar-refractivity contribution is -0.0895. The van der Waals surface area contributed by atoms with Gasteiger partial charge in [0.25, 0.3) is 5.91 Å². The number of fused-ring (bicyclic) bond motifs is 1. The van der Waals surface area contributed by atoms with Gasteiger partial charge in [0.2, 0.25) is 0 Å². The van der Waals surface area contributed by atoms with E-state index >= 15 is 0 Å². The van der Waals surface area contributed by atoms with Crippen molar-refractivity contribution in [3.63, 3.8) is 0 Å². The molecule has 2 aliphatic heterocycles. The van der Waals surface area contributed by atoms with Gasteiger partial charge in [-0.05, 0) is 18.2 Å². The molecule has 0 radical (unpaired) electrons. The molecule has 2 aliphatic rings. The van der Waals surface area contributed by atoms with Crippen molar-refractivity contribution in [2.24, 2.45) is 0 Å². The van der Waals surface area contributed by atoms with Gasteiger partial charge in [-0.25, -0.2) is 9.97 Å². The first-order valence-electron chi connectivity index (χ1n) is 9.99. The molecule has 162 valence electrons. The van der Waals surface area contributed by atoms with E-state index < -0.39 is 0 Å². The number of nitrogens with zero attached hydrogens (tertiary/aromatic N) is 3. The van der Waals surface area contributed by atoms with Gasteiger partial charge < -0.3 is 24.2 Å². The fourth-order valence-electron chi connectivity index (χ4n) is 3.69. The molecule has 2 N–H and O–H groups in total. The summed E-state index contributed by atoms with van der Waals surface area (Å²) in [6.07, 6.45) is 1.07. The van der Waals surface area contributed by atoms with E-state index in [0.717, 1.165) is 10.3 Å². The van der Waals surface area contributed by atoms with Gasteiger partial charge >= 0.3 is 0 Å². The molecule has 0 bridgehead atoms. The molecular weight excluding hydrogens is 420 g/mol. The summed E-state index contributed by atoms with van der Waals surface area (Å²) in [5, 5.41) is 12.9. The van der Waals surface area contributed by atoms with Crippen molar-refractivity contribution in [2.45, 2.75) is 12.2 Å². The molecule has 0 saturated carbocycles. The topological polar surface area (TPSA) is 106 Å². The fraction of sp³-hybridized carbons (Fsp3) is 0.381.